The van der Waals surface area contributed by atoms with Crippen molar-refractivity contribution in [2.75, 3.05) is 11.9 Å². The van der Waals surface area contributed by atoms with Gasteiger partial charge in [0, 0.05) is 31.5 Å². The van der Waals surface area contributed by atoms with Gasteiger partial charge in [-0.05, 0) is 12.8 Å². The maximum atomic E-state index is 4.39. The normalized spacial score (nSPS) is 11.1. The second-order valence-corrected chi connectivity index (χ2v) is 5.64. The first-order chi connectivity index (χ1) is 8.06. The molecule has 0 atom stereocenters. The van der Waals surface area contributed by atoms with E-state index in [0.717, 1.165) is 17.4 Å². The Balaban J connectivity index is 2.15. The largest absolute Gasteiger partial charge is 0.361 e. The minimum Gasteiger partial charge on any atom is -0.361 e. The van der Waals surface area contributed by atoms with Crippen LogP contribution in [0, 0.1) is 12.8 Å². The first kappa shape index (κ1) is 12.1. The standard InChI is InChI=1S/C12H18N4S/c1-8(2)5-13-12-14-6-11(17-12)10-7-16(4)15-9(10)3/h6-8H,5H2,1-4H3,(H,13,14). The number of thiazole rings is 1. The molecule has 1 N–H and O–H groups in total. The Kier molecular flexibility index (Phi) is 3.47. The zero-order valence-electron chi connectivity index (χ0n) is 10.7. The van der Waals surface area contributed by atoms with E-state index in [0.29, 0.717) is 5.92 Å². The molecule has 0 spiro atoms. The van der Waals surface area contributed by atoms with Crippen LogP contribution < -0.4 is 5.32 Å². The third kappa shape index (κ3) is 2.85. The van der Waals surface area contributed by atoms with Gasteiger partial charge >= 0.3 is 0 Å². The van der Waals surface area contributed by atoms with E-state index in [1.165, 1.54) is 10.4 Å². The molecule has 0 aliphatic heterocycles. The molecule has 0 aliphatic rings. The number of aryl methyl sites for hydroxylation is 2. The van der Waals surface area contributed by atoms with Crippen LogP contribution in [0.15, 0.2) is 12.4 Å². The molecular weight excluding hydrogens is 232 g/mol. The van der Waals surface area contributed by atoms with Gasteiger partial charge in [-0.1, -0.05) is 25.2 Å². The van der Waals surface area contributed by atoms with Crippen molar-refractivity contribution in [3.05, 3.63) is 18.1 Å². The number of rotatable bonds is 4. The van der Waals surface area contributed by atoms with Crippen molar-refractivity contribution in [2.45, 2.75) is 20.8 Å². The Hall–Kier alpha value is -1.36. The molecule has 0 unspecified atom stereocenters. The highest BCUT2D eigenvalue weighted by Crippen LogP contribution is 2.30. The van der Waals surface area contributed by atoms with Gasteiger partial charge in [0.25, 0.3) is 0 Å². The Bertz CT molecular complexity index is 498. The number of aromatic nitrogens is 3. The number of nitrogens with one attached hydrogen (secondary N) is 1. The van der Waals surface area contributed by atoms with Crippen molar-refractivity contribution in [1.82, 2.24) is 14.8 Å². The predicted molar refractivity (Wildman–Crippen MR) is 72.4 cm³/mol. The highest BCUT2D eigenvalue weighted by atomic mass is 32.1. The number of hydrogen-bond acceptors (Lipinski definition) is 4. The molecule has 0 bridgehead atoms. The highest BCUT2D eigenvalue weighted by molar-refractivity contribution is 7.18. The average Bonchev–Trinajstić information content (AvgIpc) is 2.82. The van der Waals surface area contributed by atoms with Gasteiger partial charge in [-0.15, -0.1) is 0 Å². The summed E-state index contributed by atoms with van der Waals surface area (Å²) in [5.41, 5.74) is 2.22. The summed E-state index contributed by atoms with van der Waals surface area (Å²) in [5.74, 6) is 0.627. The fraction of sp³-hybridized carbons (Fsp3) is 0.500. The van der Waals surface area contributed by atoms with Crippen molar-refractivity contribution in [3.8, 4) is 10.4 Å². The van der Waals surface area contributed by atoms with E-state index in [4.69, 9.17) is 0 Å². The summed E-state index contributed by atoms with van der Waals surface area (Å²) >= 11 is 1.68. The lowest BCUT2D eigenvalue weighted by atomic mass is 10.2. The monoisotopic (exact) mass is 250 g/mol. The molecule has 0 saturated heterocycles. The molecular formula is C12H18N4S. The van der Waals surface area contributed by atoms with Crippen molar-refractivity contribution >= 4 is 16.5 Å². The summed E-state index contributed by atoms with van der Waals surface area (Å²) in [6, 6.07) is 0. The maximum Gasteiger partial charge on any atom is 0.183 e. The van der Waals surface area contributed by atoms with Crippen LogP contribution >= 0.6 is 11.3 Å². The molecule has 2 rings (SSSR count). The van der Waals surface area contributed by atoms with E-state index in [-0.39, 0.29) is 0 Å². The molecule has 0 aliphatic carbocycles. The van der Waals surface area contributed by atoms with Crippen molar-refractivity contribution in [3.63, 3.8) is 0 Å². The van der Waals surface area contributed by atoms with Gasteiger partial charge in [0.2, 0.25) is 0 Å². The van der Waals surface area contributed by atoms with E-state index in [9.17, 15) is 0 Å². The van der Waals surface area contributed by atoms with Gasteiger partial charge in [0.1, 0.15) is 0 Å². The number of anilines is 1. The maximum absolute atomic E-state index is 4.39. The minimum absolute atomic E-state index is 0.627. The fourth-order valence-electron chi connectivity index (χ4n) is 1.61. The van der Waals surface area contributed by atoms with E-state index in [1.54, 1.807) is 11.3 Å². The van der Waals surface area contributed by atoms with E-state index in [2.05, 4.69) is 29.2 Å². The van der Waals surface area contributed by atoms with Crippen LogP contribution in [-0.2, 0) is 7.05 Å². The first-order valence-electron chi connectivity index (χ1n) is 5.76. The summed E-state index contributed by atoms with van der Waals surface area (Å²) in [5, 5.41) is 8.67. The molecule has 0 fully saturated rings. The molecule has 17 heavy (non-hydrogen) atoms. The van der Waals surface area contributed by atoms with Crippen molar-refractivity contribution in [2.24, 2.45) is 13.0 Å². The van der Waals surface area contributed by atoms with E-state index >= 15 is 0 Å². The van der Waals surface area contributed by atoms with Crippen LogP contribution in [0.2, 0.25) is 0 Å². The zero-order valence-corrected chi connectivity index (χ0v) is 11.5. The van der Waals surface area contributed by atoms with Gasteiger partial charge < -0.3 is 5.32 Å². The summed E-state index contributed by atoms with van der Waals surface area (Å²) in [6.07, 6.45) is 3.95. The van der Waals surface area contributed by atoms with Crippen LogP contribution in [0.3, 0.4) is 0 Å². The summed E-state index contributed by atoms with van der Waals surface area (Å²) in [4.78, 5) is 5.55. The van der Waals surface area contributed by atoms with Crippen molar-refractivity contribution < 1.29 is 0 Å². The minimum atomic E-state index is 0.627. The van der Waals surface area contributed by atoms with Gasteiger partial charge in [-0.2, -0.15) is 5.10 Å². The SMILES string of the molecule is Cc1nn(C)cc1-c1cnc(NCC(C)C)s1. The zero-order chi connectivity index (χ0) is 12.4. The fourth-order valence-corrected chi connectivity index (χ4v) is 2.50. The summed E-state index contributed by atoms with van der Waals surface area (Å²) in [7, 11) is 1.94. The predicted octanol–water partition coefficient (Wildman–Crippen LogP) is 2.92. The lowest BCUT2D eigenvalue weighted by Crippen LogP contribution is -2.07. The quantitative estimate of drug-likeness (QED) is 0.907. The smallest absolute Gasteiger partial charge is 0.183 e. The van der Waals surface area contributed by atoms with Crippen LogP contribution in [0.5, 0.6) is 0 Å². The molecule has 0 aromatic carbocycles. The molecule has 2 aromatic rings. The molecule has 0 amide bonds. The van der Waals surface area contributed by atoms with Crippen molar-refractivity contribution in [1.29, 1.82) is 0 Å². The lowest BCUT2D eigenvalue weighted by molar-refractivity contribution is 0.688. The van der Waals surface area contributed by atoms with Crippen LogP contribution in [-0.4, -0.2) is 21.3 Å². The average molecular weight is 250 g/mol. The topological polar surface area (TPSA) is 42.7 Å². The third-order valence-electron chi connectivity index (χ3n) is 2.45. The molecule has 4 nitrogen and oxygen atoms in total. The molecule has 0 radical (unpaired) electrons. The van der Waals surface area contributed by atoms with E-state index < -0.39 is 0 Å². The molecule has 2 aromatic heterocycles. The Morgan fingerprint density at radius 1 is 1.47 bits per heavy atom. The summed E-state index contributed by atoms with van der Waals surface area (Å²) in [6.45, 7) is 7.36. The van der Waals surface area contributed by atoms with Crippen LogP contribution in [0.4, 0.5) is 5.13 Å². The molecule has 0 saturated carbocycles. The van der Waals surface area contributed by atoms with Crippen LogP contribution in [0.1, 0.15) is 19.5 Å². The second-order valence-electron chi connectivity index (χ2n) is 4.61. The Morgan fingerprint density at radius 3 is 2.82 bits per heavy atom. The highest BCUT2D eigenvalue weighted by Gasteiger charge is 2.09. The lowest BCUT2D eigenvalue weighted by Gasteiger charge is -2.04. The molecule has 2 heterocycles. The Morgan fingerprint density at radius 2 is 2.24 bits per heavy atom. The number of nitrogens with zero attached hydrogens (tertiary/aromatic N) is 3. The Labute approximate surface area is 106 Å². The molecule has 5 heteroatoms. The molecule has 92 valence electrons. The number of hydrogen-bond donors (Lipinski definition) is 1. The third-order valence-corrected chi connectivity index (χ3v) is 3.43. The van der Waals surface area contributed by atoms with Gasteiger partial charge in [-0.25, -0.2) is 4.98 Å². The summed E-state index contributed by atoms with van der Waals surface area (Å²) < 4.78 is 1.84. The van der Waals surface area contributed by atoms with Crippen LogP contribution in [0.25, 0.3) is 10.4 Å². The first-order valence-corrected chi connectivity index (χ1v) is 6.58. The van der Waals surface area contributed by atoms with E-state index in [1.807, 2.05) is 31.0 Å². The van der Waals surface area contributed by atoms with Gasteiger partial charge in [-0.3, -0.25) is 4.68 Å². The van der Waals surface area contributed by atoms with Gasteiger partial charge in [0.15, 0.2) is 5.13 Å². The van der Waals surface area contributed by atoms with Gasteiger partial charge in [0.05, 0.1) is 10.6 Å². The second kappa shape index (κ2) is 4.87.